The molecule has 4 nitrogen and oxygen atoms in total. The quantitative estimate of drug-likeness (QED) is 0.741. The minimum atomic E-state index is 0.652. The van der Waals surface area contributed by atoms with Crippen molar-refractivity contribution in [1.82, 2.24) is 4.98 Å². The molecular weight excluding hydrogens is 288 g/mol. The molecule has 0 unspecified atom stereocenters. The second kappa shape index (κ2) is 6.29. The average Bonchev–Trinajstić information content (AvgIpc) is 2.61. The van der Waals surface area contributed by atoms with Crippen LogP contribution in [0.1, 0.15) is 5.56 Å². The van der Waals surface area contributed by atoms with Crippen LogP contribution < -0.4 is 14.8 Å². The lowest BCUT2D eigenvalue weighted by atomic mass is 10.1. The number of terminal acetylenes is 1. The Hall–Kier alpha value is -3.19. The molecule has 3 aromatic rings. The Bertz CT molecular complexity index is 898. The van der Waals surface area contributed by atoms with Crippen molar-refractivity contribution in [3.8, 4) is 23.8 Å². The van der Waals surface area contributed by atoms with E-state index in [1.807, 2.05) is 42.5 Å². The van der Waals surface area contributed by atoms with Crippen LogP contribution in [-0.4, -0.2) is 19.2 Å². The van der Waals surface area contributed by atoms with Crippen molar-refractivity contribution < 1.29 is 9.47 Å². The highest BCUT2D eigenvalue weighted by Crippen LogP contribution is 2.35. The third kappa shape index (κ3) is 2.90. The second-order valence-electron chi connectivity index (χ2n) is 4.93. The van der Waals surface area contributed by atoms with Crippen LogP contribution in [0.4, 0.5) is 11.4 Å². The van der Waals surface area contributed by atoms with Gasteiger partial charge >= 0.3 is 0 Å². The molecule has 0 bridgehead atoms. The number of hydrogen-bond acceptors (Lipinski definition) is 4. The summed E-state index contributed by atoms with van der Waals surface area (Å²) in [6.07, 6.45) is 7.21. The van der Waals surface area contributed by atoms with Gasteiger partial charge in [-0.05, 0) is 30.3 Å². The highest BCUT2D eigenvalue weighted by atomic mass is 16.5. The van der Waals surface area contributed by atoms with E-state index >= 15 is 0 Å². The van der Waals surface area contributed by atoms with Crippen LogP contribution in [0.5, 0.6) is 11.5 Å². The number of ether oxygens (including phenoxy) is 2. The number of fused-ring (bicyclic) bond motifs is 1. The average molecular weight is 304 g/mol. The molecule has 1 heterocycles. The molecule has 0 aliphatic rings. The van der Waals surface area contributed by atoms with Gasteiger partial charge in [0.25, 0.3) is 0 Å². The third-order valence-electron chi connectivity index (χ3n) is 3.56. The summed E-state index contributed by atoms with van der Waals surface area (Å²) >= 11 is 0. The molecule has 4 heteroatoms. The minimum Gasteiger partial charge on any atom is -0.493 e. The molecule has 0 spiro atoms. The van der Waals surface area contributed by atoms with Crippen molar-refractivity contribution in [2.75, 3.05) is 19.5 Å². The fourth-order valence-electron chi connectivity index (χ4n) is 2.42. The first-order valence-electron chi connectivity index (χ1n) is 7.09. The largest absolute Gasteiger partial charge is 0.493 e. The van der Waals surface area contributed by atoms with Crippen LogP contribution in [0.15, 0.2) is 48.7 Å². The fourth-order valence-corrected chi connectivity index (χ4v) is 2.42. The summed E-state index contributed by atoms with van der Waals surface area (Å²) < 4.78 is 10.7. The Morgan fingerprint density at radius 3 is 2.57 bits per heavy atom. The van der Waals surface area contributed by atoms with E-state index in [4.69, 9.17) is 15.9 Å². The first kappa shape index (κ1) is 14.7. The number of nitrogens with zero attached hydrogens (tertiary/aromatic N) is 1. The van der Waals surface area contributed by atoms with Crippen LogP contribution in [0.25, 0.3) is 10.9 Å². The number of hydrogen-bond donors (Lipinski definition) is 1. The summed E-state index contributed by atoms with van der Waals surface area (Å²) in [5, 5.41) is 4.32. The van der Waals surface area contributed by atoms with Crippen LogP contribution in [0, 0.1) is 12.3 Å². The van der Waals surface area contributed by atoms with Crippen LogP contribution in [-0.2, 0) is 0 Å². The van der Waals surface area contributed by atoms with Gasteiger partial charge in [0.15, 0.2) is 11.5 Å². The van der Waals surface area contributed by atoms with Gasteiger partial charge in [0.05, 0.1) is 19.7 Å². The van der Waals surface area contributed by atoms with Gasteiger partial charge in [0.2, 0.25) is 0 Å². The van der Waals surface area contributed by atoms with Gasteiger partial charge in [-0.15, -0.1) is 6.42 Å². The van der Waals surface area contributed by atoms with Crippen LogP contribution >= 0.6 is 0 Å². The van der Waals surface area contributed by atoms with E-state index in [9.17, 15) is 0 Å². The van der Waals surface area contributed by atoms with Crippen molar-refractivity contribution in [3.63, 3.8) is 0 Å². The van der Waals surface area contributed by atoms with E-state index < -0.39 is 0 Å². The molecule has 23 heavy (non-hydrogen) atoms. The number of benzene rings is 2. The summed E-state index contributed by atoms with van der Waals surface area (Å²) in [6.45, 7) is 0. The zero-order chi connectivity index (χ0) is 16.2. The number of nitrogens with one attached hydrogen (secondary N) is 1. The van der Waals surface area contributed by atoms with Gasteiger partial charge < -0.3 is 14.8 Å². The molecule has 1 aromatic heterocycles. The Labute approximate surface area is 135 Å². The van der Waals surface area contributed by atoms with E-state index in [1.54, 1.807) is 20.4 Å². The minimum absolute atomic E-state index is 0.652. The number of anilines is 2. The topological polar surface area (TPSA) is 43.4 Å². The Kier molecular flexibility index (Phi) is 4.03. The number of rotatable bonds is 4. The molecule has 0 saturated carbocycles. The first-order chi connectivity index (χ1) is 11.2. The molecule has 0 aliphatic heterocycles. The number of aromatic nitrogens is 1. The molecule has 0 aliphatic carbocycles. The maximum atomic E-state index is 5.45. The maximum Gasteiger partial charge on any atom is 0.162 e. The van der Waals surface area contributed by atoms with Crippen molar-refractivity contribution in [2.45, 2.75) is 0 Å². The lowest BCUT2D eigenvalue weighted by molar-refractivity contribution is 0.356. The predicted octanol–water partition coefficient (Wildman–Crippen LogP) is 3.98. The smallest absolute Gasteiger partial charge is 0.162 e. The maximum absolute atomic E-state index is 5.45. The molecule has 0 atom stereocenters. The molecule has 0 radical (unpaired) electrons. The highest BCUT2D eigenvalue weighted by molar-refractivity contribution is 5.95. The molecule has 2 aromatic carbocycles. The van der Waals surface area contributed by atoms with Gasteiger partial charge in [-0.2, -0.15) is 0 Å². The van der Waals surface area contributed by atoms with Crippen molar-refractivity contribution in [1.29, 1.82) is 0 Å². The number of methoxy groups -OCH3 is 2. The molecule has 0 amide bonds. The fraction of sp³-hybridized carbons (Fsp3) is 0.105. The SMILES string of the molecule is C#Cc1cccc(Nc2ccnc3cc(OC)c(OC)cc23)c1. The van der Waals surface area contributed by atoms with Gasteiger partial charge in [-0.1, -0.05) is 12.0 Å². The molecule has 114 valence electrons. The molecule has 3 rings (SSSR count). The Morgan fingerprint density at radius 1 is 1.04 bits per heavy atom. The monoisotopic (exact) mass is 304 g/mol. The third-order valence-corrected chi connectivity index (χ3v) is 3.56. The van der Waals surface area contributed by atoms with E-state index in [0.29, 0.717) is 11.5 Å². The summed E-state index contributed by atoms with van der Waals surface area (Å²) in [6, 6.07) is 13.4. The van der Waals surface area contributed by atoms with Gasteiger partial charge in [0, 0.05) is 34.6 Å². The van der Waals surface area contributed by atoms with Crippen molar-refractivity contribution in [3.05, 3.63) is 54.2 Å². The lowest BCUT2D eigenvalue weighted by Gasteiger charge is -2.13. The highest BCUT2D eigenvalue weighted by Gasteiger charge is 2.10. The predicted molar refractivity (Wildman–Crippen MR) is 92.5 cm³/mol. The Morgan fingerprint density at radius 2 is 1.83 bits per heavy atom. The summed E-state index contributed by atoms with van der Waals surface area (Å²) in [5.74, 6) is 3.95. The lowest BCUT2D eigenvalue weighted by Crippen LogP contribution is -1.95. The molecular formula is C19H16N2O2. The van der Waals surface area contributed by atoms with Gasteiger partial charge in [0.1, 0.15) is 0 Å². The van der Waals surface area contributed by atoms with Crippen LogP contribution in [0.2, 0.25) is 0 Å². The zero-order valence-electron chi connectivity index (χ0n) is 13.0. The first-order valence-corrected chi connectivity index (χ1v) is 7.09. The van der Waals surface area contributed by atoms with Crippen molar-refractivity contribution in [2.24, 2.45) is 0 Å². The standard InChI is InChI=1S/C19H16N2O2/c1-4-13-6-5-7-14(10-13)21-16-8-9-20-17-12-19(23-3)18(22-2)11-15(16)17/h1,5-12H,2-3H3,(H,20,21). The summed E-state index contributed by atoms with van der Waals surface area (Å²) in [7, 11) is 3.22. The van der Waals surface area contributed by atoms with E-state index in [0.717, 1.165) is 27.8 Å². The summed E-state index contributed by atoms with van der Waals surface area (Å²) in [5.41, 5.74) is 3.49. The Balaban J connectivity index is 2.08. The molecule has 1 N–H and O–H groups in total. The van der Waals surface area contributed by atoms with E-state index in [1.165, 1.54) is 0 Å². The number of pyridine rings is 1. The summed E-state index contributed by atoms with van der Waals surface area (Å²) in [4.78, 5) is 4.39. The second-order valence-corrected chi connectivity index (χ2v) is 4.93. The van der Waals surface area contributed by atoms with E-state index in [-0.39, 0.29) is 0 Å². The van der Waals surface area contributed by atoms with Crippen molar-refractivity contribution >= 4 is 22.3 Å². The molecule has 0 fully saturated rings. The van der Waals surface area contributed by atoms with E-state index in [2.05, 4.69) is 16.2 Å². The van der Waals surface area contributed by atoms with Gasteiger partial charge in [-0.25, -0.2) is 0 Å². The zero-order valence-corrected chi connectivity index (χ0v) is 13.0. The molecule has 0 saturated heterocycles. The van der Waals surface area contributed by atoms with Gasteiger partial charge in [-0.3, -0.25) is 4.98 Å². The normalized spacial score (nSPS) is 10.1. The van der Waals surface area contributed by atoms with Crippen LogP contribution in [0.3, 0.4) is 0 Å².